The van der Waals surface area contributed by atoms with Crippen LogP contribution in [0.4, 0.5) is 11.4 Å². The Morgan fingerprint density at radius 1 is 0.491 bits per heavy atom. The number of hydrogen-bond acceptors (Lipinski definition) is 6. The Morgan fingerprint density at radius 2 is 0.860 bits per heavy atom. The molecule has 2 aliphatic rings. The zero-order valence-electron chi connectivity index (χ0n) is 31.2. The van der Waals surface area contributed by atoms with Crippen molar-refractivity contribution in [2.75, 3.05) is 0 Å². The van der Waals surface area contributed by atoms with Crippen LogP contribution in [-0.4, -0.2) is 11.4 Å². The van der Waals surface area contributed by atoms with Gasteiger partial charge in [0.05, 0.1) is 49.6 Å². The van der Waals surface area contributed by atoms with Gasteiger partial charge >= 0.3 is 16.5 Å². The number of benzene rings is 6. The summed E-state index contributed by atoms with van der Waals surface area (Å²) in [7, 11) is 0. The van der Waals surface area contributed by atoms with Crippen LogP contribution >= 0.6 is 95.6 Å². The molecule has 294 valence electrons. The minimum atomic E-state index is -0.705. The van der Waals surface area contributed by atoms with Gasteiger partial charge in [-0.1, -0.05) is 112 Å². The van der Waals surface area contributed by atoms with Gasteiger partial charge < -0.3 is 19.7 Å². The molecule has 0 unspecified atom stereocenters. The van der Waals surface area contributed by atoms with Gasteiger partial charge in [-0.2, -0.15) is 0 Å². The van der Waals surface area contributed by atoms with Gasteiger partial charge in [-0.25, -0.2) is 9.98 Å². The van der Waals surface area contributed by atoms with E-state index in [1.165, 1.54) is 44.2 Å². The van der Waals surface area contributed by atoms with E-state index in [1.54, 1.807) is 0 Å². The average molecular weight is 1190 g/mol. The second kappa shape index (κ2) is 17.6. The molecule has 13 heteroatoms. The number of aryl methyl sites for hydroxylation is 2. The molecule has 1 aliphatic heterocycles. The minimum Gasteiger partial charge on any atom is -0.872 e. The van der Waals surface area contributed by atoms with Gasteiger partial charge in [0.1, 0.15) is 0 Å². The normalized spacial score (nSPS) is 13.9. The summed E-state index contributed by atoms with van der Waals surface area (Å²) in [4.78, 5) is 10.8. The van der Waals surface area contributed by atoms with Crippen LogP contribution in [0.2, 0.25) is 0 Å². The second-order valence-corrected chi connectivity index (χ2v) is 18.8. The predicted molar refractivity (Wildman–Crippen MR) is 245 cm³/mol. The van der Waals surface area contributed by atoms with E-state index >= 15 is 0 Å². The first-order valence-electron chi connectivity index (χ1n) is 17.6. The number of nitrogens with zero attached hydrogens (tertiary/aromatic N) is 2. The topological polar surface area (TPSA) is 89.3 Å². The number of aliphatic imine (C=N–C) groups is 2. The third-order valence-electron chi connectivity index (χ3n) is 9.67. The molecule has 0 saturated heterocycles. The fourth-order valence-corrected chi connectivity index (χ4v) is 9.92. The van der Waals surface area contributed by atoms with E-state index in [-0.39, 0.29) is 36.9 Å². The van der Waals surface area contributed by atoms with Crippen molar-refractivity contribution < 1.29 is 36.2 Å². The van der Waals surface area contributed by atoms with Crippen molar-refractivity contribution in [2.24, 2.45) is 9.98 Å². The van der Waals surface area contributed by atoms with Crippen LogP contribution in [0.15, 0.2) is 110 Å². The maximum absolute atomic E-state index is 11.9. The third kappa shape index (κ3) is 7.96. The Hall–Kier alpha value is -2.51. The number of para-hydroxylation sites is 2. The average Bonchev–Trinajstić information content (AvgIpc) is 3.48. The molecule has 8 rings (SSSR count). The number of rotatable bonds is 4. The third-order valence-corrected chi connectivity index (χ3v) is 15.8. The van der Waals surface area contributed by atoms with Crippen molar-refractivity contribution in [1.29, 1.82) is 0 Å². The van der Waals surface area contributed by atoms with Crippen molar-refractivity contribution in [2.45, 2.75) is 53.4 Å². The molecule has 6 aromatic carbocycles. The molecule has 1 aliphatic carbocycles. The molecule has 57 heavy (non-hydrogen) atoms. The van der Waals surface area contributed by atoms with Crippen LogP contribution in [-0.2, 0) is 16.5 Å². The first-order valence-corrected chi connectivity index (χ1v) is 22.4. The first kappa shape index (κ1) is 44.1. The van der Waals surface area contributed by atoms with Crippen LogP contribution in [0.1, 0.15) is 72.9 Å². The SMILES string of the molecule is Cc1cccc(C)c1N=C1C(=Nc2c(C(C)C)cccc2C(C)C)c2cccc3cccc1c23.[Ni+2].[O-]c1c([O-])c(Br)c2c(c1Br)Oc1c(Br)c(Br)c(Br)c(Br)c1O2. The molecular formula is C44H32Br6N2NiO4. The molecule has 6 aromatic rings. The van der Waals surface area contributed by atoms with Crippen LogP contribution in [0.25, 0.3) is 10.8 Å². The van der Waals surface area contributed by atoms with Crippen molar-refractivity contribution in [3.05, 3.63) is 133 Å². The predicted octanol–water partition coefficient (Wildman–Crippen LogP) is 15.3. The quantitative estimate of drug-likeness (QED) is 0.0998. The molecule has 0 aromatic heterocycles. The van der Waals surface area contributed by atoms with E-state index in [0.717, 1.165) is 22.8 Å². The smallest absolute Gasteiger partial charge is 0.872 e. The number of halogens is 6. The van der Waals surface area contributed by atoms with Crippen LogP contribution in [0.3, 0.4) is 0 Å². The number of hydrogen-bond donors (Lipinski definition) is 0. The van der Waals surface area contributed by atoms with Crippen LogP contribution < -0.4 is 19.7 Å². The molecule has 1 heterocycles. The van der Waals surface area contributed by atoms with Gasteiger partial charge in [-0.05, 0) is 149 Å². The zero-order valence-corrected chi connectivity index (χ0v) is 41.7. The fourth-order valence-electron chi connectivity index (χ4n) is 6.83. The summed E-state index contributed by atoms with van der Waals surface area (Å²) in [5.41, 5.74) is 11.4. The summed E-state index contributed by atoms with van der Waals surface area (Å²) in [6, 6.07) is 26.0. The van der Waals surface area contributed by atoms with E-state index in [0.29, 0.717) is 41.2 Å². The molecule has 0 atom stereocenters. The summed E-state index contributed by atoms with van der Waals surface area (Å²) >= 11 is 19.8. The fraction of sp³-hybridized carbons (Fsp3) is 0.182. The largest absolute Gasteiger partial charge is 2.00 e. The van der Waals surface area contributed by atoms with Crippen molar-refractivity contribution in [3.63, 3.8) is 0 Å². The van der Waals surface area contributed by atoms with Gasteiger partial charge in [0, 0.05) is 16.5 Å². The van der Waals surface area contributed by atoms with E-state index in [2.05, 4.69) is 210 Å². The summed E-state index contributed by atoms with van der Waals surface area (Å²) in [6.07, 6.45) is 0. The molecular weight excluding hydrogens is 1160 g/mol. The standard InChI is InChI=1S/C32H32N2.C12H2Br6O4.Ni/c1-19(2)24-15-10-16-25(20(3)4)30(24)34-32-27-18-9-14-23-13-8-17-26(28(23)27)31(32)33-29-21(5)11-7-12-22(29)6;13-1-2(14)4(16)10-9(3(1)15)21-11-5(17)7(19)8(20)6(18)12(11)22-10;/h7-20H,1-6H3;19-20H;/q;;+2/p-2. The van der Waals surface area contributed by atoms with Crippen LogP contribution in [0, 0.1) is 13.8 Å². The minimum absolute atomic E-state index is 0. The second-order valence-electron chi connectivity index (χ2n) is 14.0. The van der Waals surface area contributed by atoms with Crippen molar-refractivity contribution >= 4 is 129 Å². The Kier molecular flexibility index (Phi) is 13.6. The van der Waals surface area contributed by atoms with Gasteiger partial charge in [0.2, 0.25) is 0 Å². The van der Waals surface area contributed by atoms with Gasteiger partial charge in [-0.3, -0.25) is 0 Å². The van der Waals surface area contributed by atoms with E-state index in [9.17, 15) is 10.2 Å². The Bertz CT molecular complexity index is 2490. The summed E-state index contributed by atoms with van der Waals surface area (Å²) in [5.74, 6) is 0.401. The Balaban J connectivity index is 0.000000207. The Labute approximate surface area is 392 Å². The van der Waals surface area contributed by atoms with Crippen LogP contribution in [0.5, 0.6) is 34.5 Å². The maximum Gasteiger partial charge on any atom is 2.00 e. The molecule has 0 spiro atoms. The zero-order chi connectivity index (χ0) is 40.3. The maximum atomic E-state index is 11.9. The van der Waals surface area contributed by atoms with E-state index in [1.807, 2.05) is 0 Å². The summed E-state index contributed by atoms with van der Waals surface area (Å²) < 4.78 is 14.3. The van der Waals surface area contributed by atoms with E-state index < -0.39 is 11.5 Å². The summed E-state index contributed by atoms with van der Waals surface area (Å²) in [5, 5.41) is 26.3. The van der Waals surface area contributed by atoms with Crippen molar-refractivity contribution in [3.8, 4) is 34.5 Å². The number of ether oxygens (including phenoxy) is 2. The van der Waals surface area contributed by atoms with Crippen molar-refractivity contribution in [1.82, 2.24) is 0 Å². The molecule has 0 N–H and O–H groups in total. The van der Waals surface area contributed by atoms with E-state index in [4.69, 9.17) is 19.5 Å². The Morgan fingerprint density at radius 3 is 1.28 bits per heavy atom. The first-order chi connectivity index (χ1) is 26.6. The van der Waals surface area contributed by atoms with Gasteiger partial charge in [0.25, 0.3) is 0 Å². The number of fused-ring (bicyclic) bond motifs is 2. The molecule has 0 bridgehead atoms. The van der Waals surface area contributed by atoms with Gasteiger partial charge in [-0.15, -0.1) is 0 Å². The molecule has 6 nitrogen and oxygen atoms in total. The molecule has 0 saturated carbocycles. The monoisotopic (exact) mass is 1180 g/mol. The molecule has 0 amide bonds. The van der Waals surface area contributed by atoms with Gasteiger partial charge in [0.15, 0.2) is 23.0 Å². The molecule has 0 fully saturated rings. The molecule has 0 radical (unpaired) electrons. The summed E-state index contributed by atoms with van der Waals surface area (Å²) in [6.45, 7) is 13.3.